The summed E-state index contributed by atoms with van der Waals surface area (Å²) in [5.74, 6) is 0.875. The van der Waals surface area contributed by atoms with Crippen LogP contribution in [-0.2, 0) is 11.3 Å². The summed E-state index contributed by atoms with van der Waals surface area (Å²) in [5.41, 5.74) is 0. The van der Waals surface area contributed by atoms with Gasteiger partial charge < -0.3 is 15.4 Å². The lowest BCUT2D eigenvalue weighted by Crippen LogP contribution is -2.38. The number of nitrogens with one attached hydrogen (secondary N) is 2. The zero-order valence-electron chi connectivity index (χ0n) is 11.5. The number of nitrogens with zero attached hydrogens (tertiary/aromatic N) is 1. The zero-order valence-corrected chi connectivity index (χ0v) is 12.3. The third-order valence-corrected chi connectivity index (χ3v) is 3.34. The number of thiophene rings is 1. The van der Waals surface area contributed by atoms with Gasteiger partial charge in [-0.15, -0.1) is 11.3 Å². The summed E-state index contributed by atoms with van der Waals surface area (Å²) < 4.78 is 5.02. The number of ether oxygens (including phenoxy) is 1. The molecular weight excluding hydrogens is 246 g/mol. The molecule has 0 radical (unpaired) electrons. The van der Waals surface area contributed by atoms with Crippen molar-refractivity contribution in [1.82, 2.24) is 10.6 Å². The van der Waals surface area contributed by atoms with Gasteiger partial charge in [0, 0.05) is 36.6 Å². The van der Waals surface area contributed by atoms with Crippen molar-refractivity contribution < 1.29 is 4.74 Å². The fourth-order valence-electron chi connectivity index (χ4n) is 1.49. The number of aliphatic imine (C=N–C) groups is 1. The molecule has 0 atom stereocenters. The maximum atomic E-state index is 5.02. The van der Waals surface area contributed by atoms with E-state index in [1.54, 1.807) is 18.4 Å². The van der Waals surface area contributed by atoms with E-state index < -0.39 is 0 Å². The minimum absolute atomic E-state index is 0.734. The Bertz CT molecular complexity index is 363. The summed E-state index contributed by atoms with van der Waals surface area (Å²) in [6.45, 7) is 7.45. The van der Waals surface area contributed by atoms with Crippen molar-refractivity contribution in [2.45, 2.75) is 26.8 Å². The molecule has 0 fully saturated rings. The Labute approximate surface area is 113 Å². The van der Waals surface area contributed by atoms with Gasteiger partial charge in [-0.25, -0.2) is 4.99 Å². The van der Waals surface area contributed by atoms with Crippen LogP contribution in [0.2, 0.25) is 0 Å². The van der Waals surface area contributed by atoms with Crippen molar-refractivity contribution in [3.05, 3.63) is 21.9 Å². The standard InChI is InChI=1S/C13H23N3OS/c1-4-14-13(15-8-5-9-17-3)16-10-12-7-6-11(2)18-12/h6-7H,4-5,8-10H2,1-3H3,(H2,14,15,16). The van der Waals surface area contributed by atoms with Crippen molar-refractivity contribution in [1.29, 1.82) is 0 Å². The Morgan fingerprint density at radius 1 is 1.39 bits per heavy atom. The molecule has 0 spiro atoms. The summed E-state index contributed by atoms with van der Waals surface area (Å²) in [6.07, 6.45) is 0.985. The van der Waals surface area contributed by atoms with Crippen molar-refractivity contribution in [3.8, 4) is 0 Å². The van der Waals surface area contributed by atoms with Crippen LogP contribution < -0.4 is 10.6 Å². The van der Waals surface area contributed by atoms with Crippen LogP contribution in [0.4, 0.5) is 0 Å². The van der Waals surface area contributed by atoms with Crippen molar-refractivity contribution >= 4 is 17.3 Å². The molecule has 0 aromatic carbocycles. The summed E-state index contributed by atoms with van der Waals surface area (Å²) >= 11 is 1.80. The number of aryl methyl sites for hydroxylation is 1. The molecule has 1 aromatic heterocycles. The average molecular weight is 269 g/mol. The topological polar surface area (TPSA) is 45.7 Å². The molecule has 1 heterocycles. The van der Waals surface area contributed by atoms with E-state index in [1.807, 2.05) is 0 Å². The van der Waals surface area contributed by atoms with E-state index in [-0.39, 0.29) is 0 Å². The molecule has 5 heteroatoms. The van der Waals surface area contributed by atoms with Crippen molar-refractivity contribution in [2.24, 2.45) is 4.99 Å². The van der Waals surface area contributed by atoms with Crippen LogP contribution in [0.1, 0.15) is 23.1 Å². The van der Waals surface area contributed by atoms with Gasteiger partial charge in [0.1, 0.15) is 0 Å². The number of methoxy groups -OCH3 is 1. The zero-order chi connectivity index (χ0) is 13.2. The minimum atomic E-state index is 0.734. The highest BCUT2D eigenvalue weighted by Gasteiger charge is 1.98. The second kappa shape index (κ2) is 8.94. The van der Waals surface area contributed by atoms with E-state index in [1.165, 1.54) is 9.75 Å². The van der Waals surface area contributed by atoms with Crippen LogP contribution in [0.5, 0.6) is 0 Å². The maximum absolute atomic E-state index is 5.02. The van der Waals surface area contributed by atoms with Gasteiger partial charge in [-0.05, 0) is 32.4 Å². The monoisotopic (exact) mass is 269 g/mol. The van der Waals surface area contributed by atoms with E-state index in [2.05, 4.69) is 41.6 Å². The first kappa shape index (κ1) is 15.0. The van der Waals surface area contributed by atoms with Gasteiger partial charge in [0.05, 0.1) is 6.54 Å². The molecule has 0 aliphatic heterocycles. The number of rotatable bonds is 7. The molecule has 4 nitrogen and oxygen atoms in total. The Balaban J connectivity index is 2.39. The van der Waals surface area contributed by atoms with Gasteiger partial charge in [0.25, 0.3) is 0 Å². The normalized spacial score (nSPS) is 11.6. The SMILES string of the molecule is CCNC(=NCc1ccc(C)s1)NCCCOC. The molecule has 1 aromatic rings. The summed E-state index contributed by atoms with van der Waals surface area (Å²) in [5, 5.41) is 6.54. The van der Waals surface area contributed by atoms with Crippen LogP contribution in [-0.4, -0.2) is 32.8 Å². The predicted octanol–water partition coefficient (Wildman–Crippen LogP) is 2.15. The van der Waals surface area contributed by atoms with Crippen LogP contribution in [0.25, 0.3) is 0 Å². The van der Waals surface area contributed by atoms with Crippen molar-refractivity contribution in [3.63, 3.8) is 0 Å². The molecule has 18 heavy (non-hydrogen) atoms. The first-order chi connectivity index (χ1) is 8.76. The maximum Gasteiger partial charge on any atom is 0.191 e. The Hall–Kier alpha value is -1.07. The Morgan fingerprint density at radius 3 is 2.83 bits per heavy atom. The number of hydrogen-bond donors (Lipinski definition) is 2. The summed E-state index contributed by atoms with van der Waals surface area (Å²) in [6, 6.07) is 4.27. The molecule has 0 saturated carbocycles. The highest BCUT2D eigenvalue weighted by Crippen LogP contribution is 2.15. The van der Waals surface area contributed by atoms with Gasteiger partial charge in [-0.2, -0.15) is 0 Å². The van der Waals surface area contributed by atoms with E-state index >= 15 is 0 Å². The lowest BCUT2D eigenvalue weighted by molar-refractivity contribution is 0.195. The molecule has 0 saturated heterocycles. The smallest absolute Gasteiger partial charge is 0.191 e. The summed E-state index contributed by atoms with van der Waals surface area (Å²) in [4.78, 5) is 7.18. The third-order valence-electron chi connectivity index (χ3n) is 2.35. The highest BCUT2D eigenvalue weighted by atomic mass is 32.1. The van der Waals surface area contributed by atoms with Gasteiger partial charge in [-0.1, -0.05) is 0 Å². The Kier molecular flexibility index (Phi) is 7.44. The molecular formula is C13H23N3OS. The summed E-state index contributed by atoms with van der Waals surface area (Å²) in [7, 11) is 1.72. The molecule has 102 valence electrons. The average Bonchev–Trinajstić information content (AvgIpc) is 2.77. The molecule has 2 N–H and O–H groups in total. The van der Waals surface area contributed by atoms with E-state index in [0.29, 0.717) is 0 Å². The minimum Gasteiger partial charge on any atom is -0.385 e. The fraction of sp³-hybridized carbons (Fsp3) is 0.615. The molecule has 0 amide bonds. The molecule has 1 rings (SSSR count). The number of hydrogen-bond acceptors (Lipinski definition) is 3. The quantitative estimate of drug-likeness (QED) is 0.453. The van der Waals surface area contributed by atoms with Gasteiger partial charge >= 0.3 is 0 Å². The Morgan fingerprint density at radius 2 is 2.22 bits per heavy atom. The predicted molar refractivity (Wildman–Crippen MR) is 78.4 cm³/mol. The van der Waals surface area contributed by atoms with Gasteiger partial charge in [0.15, 0.2) is 5.96 Å². The van der Waals surface area contributed by atoms with E-state index in [9.17, 15) is 0 Å². The van der Waals surface area contributed by atoms with E-state index in [4.69, 9.17) is 4.74 Å². The van der Waals surface area contributed by atoms with Crippen LogP contribution in [0.3, 0.4) is 0 Å². The first-order valence-corrected chi connectivity index (χ1v) is 7.14. The van der Waals surface area contributed by atoms with E-state index in [0.717, 1.165) is 38.6 Å². The number of guanidine groups is 1. The highest BCUT2D eigenvalue weighted by molar-refractivity contribution is 7.11. The lowest BCUT2D eigenvalue weighted by Gasteiger charge is -2.10. The first-order valence-electron chi connectivity index (χ1n) is 6.32. The van der Waals surface area contributed by atoms with Crippen LogP contribution in [0, 0.1) is 6.92 Å². The molecule has 0 unspecified atom stereocenters. The molecule has 0 bridgehead atoms. The third kappa shape index (κ3) is 6.02. The van der Waals surface area contributed by atoms with Gasteiger partial charge in [-0.3, -0.25) is 0 Å². The second-order valence-corrected chi connectivity index (χ2v) is 5.35. The van der Waals surface area contributed by atoms with Gasteiger partial charge in [0.2, 0.25) is 0 Å². The largest absolute Gasteiger partial charge is 0.385 e. The lowest BCUT2D eigenvalue weighted by atomic mass is 10.4. The van der Waals surface area contributed by atoms with Crippen molar-refractivity contribution in [2.75, 3.05) is 26.8 Å². The van der Waals surface area contributed by atoms with Crippen LogP contribution in [0.15, 0.2) is 17.1 Å². The fourth-order valence-corrected chi connectivity index (χ4v) is 2.31. The van der Waals surface area contributed by atoms with Crippen LogP contribution >= 0.6 is 11.3 Å². The molecule has 0 aliphatic carbocycles. The molecule has 0 aliphatic rings. The second-order valence-electron chi connectivity index (χ2n) is 3.98.